The number of hydrogen-bond acceptors (Lipinski definition) is 4. The molecule has 0 unspecified atom stereocenters. The standard InChI is InChI=1S/C18H16ClFN4/c1-12-10-17(21-11-13-2-4-14(19)5-3-13)24-18(22-12)23-16-8-6-15(20)7-9-16/h2-10H,11H2,1H3,(H2,21,22,23,24). The van der Waals surface area contributed by atoms with E-state index in [9.17, 15) is 4.39 Å². The fraction of sp³-hybridized carbons (Fsp3) is 0.111. The molecule has 0 bridgehead atoms. The SMILES string of the molecule is Cc1cc(NCc2ccc(Cl)cc2)nc(Nc2ccc(F)cc2)n1. The highest BCUT2D eigenvalue weighted by atomic mass is 35.5. The van der Waals surface area contributed by atoms with Gasteiger partial charge in [-0.25, -0.2) is 9.37 Å². The fourth-order valence-electron chi connectivity index (χ4n) is 2.17. The molecule has 4 nitrogen and oxygen atoms in total. The second-order valence-corrected chi connectivity index (χ2v) is 5.77. The Labute approximate surface area is 144 Å². The van der Waals surface area contributed by atoms with Crippen molar-refractivity contribution in [3.63, 3.8) is 0 Å². The van der Waals surface area contributed by atoms with E-state index in [1.807, 2.05) is 37.3 Å². The number of aryl methyl sites for hydroxylation is 1. The van der Waals surface area contributed by atoms with Crippen LogP contribution in [0.15, 0.2) is 54.6 Å². The van der Waals surface area contributed by atoms with Gasteiger partial charge in [0.15, 0.2) is 0 Å². The summed E-state index contributed by atoms with van der Waals surface area (Å²) in [6.07, 6.45) is 0. The highest BCUT2D eigenvalue weighted by Gasteiger charge is 2.03. The van der Waals surface area contributed by atoms with Gasteiger partial charge in [-0.2, -0.15) is 4.98 Å². The molecule has 0 atom stereocenters. The number of hydrogen-bond donors (Lipinski definition) is 2. The lowest BCUT2D eigenvalue weighted by Crippen LogP contribution is -2.05. The number of nitrogens with zero attached hydrogens (tertiary/aromatic N) is 2. The molecule has 0 fully saturated rings. The minimum absolute atomic E-state index is 0.281. The van der Waals surface area contributed by atoms with Crippen LogP contribution in [-0.2, 0) is 6.54 Å². The largest absolute Gasteiger partial charge is 0.366 e. The topological polar surface area (TPSA) is 49.8 Å². The second kappa shape index (κ2) is 7.27. The molecular weight excluding hydrogens is 327 g/mol. The molecule has 2 aromatic carbocycles. The molecule has 0 amide bonds. The summed E-state index contributed by atoms with van der Waals surface area (Å²) in [6.45, 7) is 2.52. The van der Waals surface area contributed by atoms with Gasteiger partial charge in [0.1, 0.15) is 11.6 Å². The van der Waals surface area contributed by atoms with E-state index in [-0.39, 0.29) is 5.82 Å². The van der Waals surface area contributed by atoms with E-state index in [1.54, 1.807) is 12.1 Å². The third-order valence-corrected chi connectivity index (χ3v) is 3.59. The van der Waals surface area contributed by atoms with E-state index >= 15 is 0 Å². The molecule has 3 rings (SSSR count). The molecule has 24 heavy (non-hydrogen) atoms. The Morgan fingerprint density at radius 1 is 1.00 bits per heavy atom. The highest BCUT2D eigenvalue weighted by molar-refractivity contribution is 6.30. The monoisotopic (exact) mass is 342 g/mol. The third-order valence-electron chi connectivity index (χ3n) is 3.34. The molecular formula is C18H16ClFN4. The first-order chi connectivity index (χ1) is 11.6. The van der Waals surface area contributed by atoms with Crippen molar-refractivity contribution in [3.8, 4) is 0 Å². The summed E-state index contributed by atoms with van der Waals surface area (Å²) in [4.78, 5) is 8.78. The van der Waals surface area contributed by atoms with Crippen molar-refractivity contribution in [2.24, 2.45) is 0 Å². The van der Waals surface area contributed by atoms with E-state index < -0.39 is 0 Å². The smallest absolute Gasteiger partial charge is 0.229 e. The Bertz CT molecular complexity index is 819. The predicted octanol–water partition coefficient (Wildman–Crippen LogP) is 4.93. The lowest BCUT2D eigenvalue weighted by molar-refractivity contribution is 0.628. The Kier molecular flexibility index (Phi) is 4.91. The summed E-state index contributed by atoms with van der Waals surface area (Å²) in [6, 6.07) is 15.5. The van der Waals surface area contributed by atoms with E-state index in [0.29, 0.717) is 23.3 Å². The van der Waals surface area contributed by atoms with E-state index in [4.69, 9.17) is 11.6 Å². The lowest BCUT2D eigenvalue weighted by atomic mass is 10.2. The number of aromatic nitrogens is 2. The Morgan fingerprint density at radius 3 is 2.42 bits per heavy atom. The molecule has 2 N–H and O–H groups in total. The Balaban J connectivity index is 1.71. The summed E-state index contributed by atoms with van der Waals surface area (Å²) in [5.41, 5.74) is 2.66. The molecule has 0 aliphatic rings. The Hall–Kier alpha value is -2.66. The van der Waals surface area contributed by atoms with Gasteiger partial charge in [0.25, 0.3) is 0 Å². The minimum atomic E-state index is -0.281. The fourth-order valence-corrected chi connectivity index (χ4v) is 2.30. The van der Waals surface area contributed by atoms with Gasteiger partial charge in [0, 0.05) is 29.0 Å². The van der Waals surface area contributed by atoms with Gasteiger partial charge in [-0.05, 0) is 48.9 Å². The maximum absolute atomic E-state index is 13.0. The van der Waals surface area contributed by atoms with Crippen molar-refractivity contribution in [2.75, 3.05) is 10.6 Å². The van der Waals surface area contributed by atoms with Crippen LogP contribution in [0.25, 0.3) is 0 Å². The van der Waals surface area contributed by atoms with Crippen molar-refractivity contribution < 1.29 is 4.39 Å². The van der Waals surface area contributed by atoms with Gasteiger partial charge >= 0.3 is 0 Å². The molecule has 122 valence electrons. The van der Waals surface area contributed by atoms with E-state index in [1.165, 1.54) is 12.1 Å². The molecule has 6 heteroatoms. The molecule has 0 spiro atoms. The Morgan fingerprint density at radius 2 is 1.71 bits per heavy atom. The van der Waals surface area contributed by atoms with Crippen molar-refractivity contribution in [2.45, 2.75) is 13.5 Å². The van der Waals surface area contributed by atoms with Crippen LogP contribution in [0.1, 0.15) is 11.3 Å². The van der Waals surface area contributed by atoms with Gasteiger partial charge in [-0.3, -0.25) is 0 Å². The van der Waals surface area contributed by atoms with Crippen molar-refractivity contribution in [1.29, 1.82) is 0 Å². The quantitative estimate of drug-likeness (QED) is 0.690. The second-order valence-electron chi connectivity index (χ2n) is 5.33. The average molecular weight is 343 g/mol. The van der Waals surface area contributed by atoms with Crippen molar-refractivity contribution >= 4 is 29.1 Å². The molecule has 0 radical (unpaired) electrons. The maximum atomic E-state index is 13.0. The van der Waals surface area contributed by atoms with Gasteiger partial charge in [0.2, 0.25) is 5.95 Å². The molecule has 1 heterocycles. The zero-order valence-electron chi connectivity index (χ0n) is 13.1. The van der Waals surface area contributed by atoms with Crippen LogP contribution in [0.3, 0.4) is 0 Å². The molecule has 0 aliphatic heterocycles. The van der Waals surface area contributed by atoms with Crippen LogP contribution in [0.4, 0.5) is 21.8 Å². The number of benzene rings is 2. The van der Waals surface area contributed by atoms with Crippen LogP contribution in [0, 0.1) is 12.7 Å². The van der Waals surface area contributed by atoms with E-state index in [2.05, 4.69) is 20.6 Å². The molecule has 0 aliphatic carbocycles. The number of nitrogens with one attached hydrogen (secondary N) is 2. The normalized spacial score (nSPS) is 10.5. The number of anilines is 3. The van der Waals surface area contributed by atoms with Crippen LogP contribution < -0.4 is 10.6 Å². The highest BCUT2D eigenvalue weighted by Crippen LogP contribution is 2.17. The van der Waals surface area contributed by atoms with Gasteiger partial charge in [-0.1, -0.05) is 23.7 Å². The summed E-state index contributed by atoms with van der Waals surface area (Å²) < 4.78 is 13.0. The van der Waals surface area contributed by atoms with Crippen LogP contribution in [0.5, 0.6) is 0 Å². The van der Waals surface area contributed by atoms with E-state index in [0.717, 1.165) is 16.9 Å². The maximum Gasteiger partial charge on any atom is 0.229 e. The summed E-state index contributed by atoms with van der Waals surface area (Å²) >= 11 is 5.88. The van der Waals surface area contributed by atoms with Gasteiger partial charge in [0.05, 0.1) is 0 Å². The summed E-state index contributed by atoms with van der Waals surface area (Å²) in [5, 5.41) is 7.04. The average Bonchev–Trinajstić information content (AvgIpc) is 2.56. The van der Waals surface area contributed by atoms with Crippen LogP contribution >= 0.6 is 11.6 Å². The molecule has 0 saturated heterocycles. The lowest BCUT2D eigenvalue weighted by Gasteiger charge is -2.10. The first-order valence-corrected chi connectivity index (χ1v) is 7.83. The third kappa shape index (κ3) is 4.43. The minimum Gasteiger partial charge on any atom is -0.366 e. The zero-order valence-corrected chi connectivity index (χ0v) is 13.8. The van der Waals surface area contributed by atoms with Crippen LogP contribution in [-0.4, -0.2) is 9.97 Å². The van der Waals surface area contributed by atoms with Crippen molar-refractivity contribution in [3.05, 3.63) is 76.7 Å². The zero-order chi connectivity index (χ0) is 16.9. The van der Waals surface area contributed by atoms with Gasteiger partial charge < -0.3 is 10.6 Å². The van der Waals surface area contributed by atoms with Crippen LogP contribution in [0.2, 0.25) is 5.02 Å². The predicted molar refractivity (Wildman–Crippen MR) is 95.2 cm³/mol. The number of halogens is 2. The van der Waals surface area contributed by atoms with Gasteiger partial charge in [-0.15, -0.1) is 0 Å². The molecule has 3 aromatic rings. The molecule has 1 aromatic heterocycles. The summed E-state index contributed by atoms with van der Waals surface area (Å²) in [7, 11) is 0. The first kappa shape index (κ1) is 16.2. The molecule has 0 saturated carbocycles. The summed E-state index contributed by atoms with van der Waals surface area (Å²) in [5.74, 6) is 0.887. The van der Waals surface area contributed by atoms with Crippen molar-refractivity contribution in [1.82, 2.24) is 9.97 Å². The first-order valence-electron chi connectivity index (χ1n) is 7.45. The number of rotatable bonds is 5.